The average Bonchev–Trinajstić information content (AvgIpc) is 2.63. The summed E-state index contributed by atoms with van der Waals surface area (Å²) in [5.74, 6) is 0.472. The average molecular weight is 340 g/mol. The van der Waals surface area contributed by atoms with Crippen molar-refractivity contribution in [2.24, 2.45) is 0 Å². The van der Waals surface area contributed by atoms with E-state index in [1.54, 1.807) is 25.3 Å². The Morgan fingerprint density at radius 3 is 2.60 bits per heavy atom. The zero-order valence-corrected chi connectivity index (χ0v) is 14.7. The number of anilines is 3. The Balaban J connectivity index is 1.83. The van der Waals surface area contributed by atoms with E-state index in [0.29, 0.717) is 17.0 Å². The predicted molar refractivity (Wildman–Crippen MR) is 102 cm³/mol. The number of nitrogens with zero attached hydrogens (tertiary/aromatic N) is 2. The van der Waals surface area contributed by atoms with Gasteiger partial charge in [0.2, 0.25) is 0 Å². The number of rotatable bonds is 4. The third-order valence-electron chi connectivity index (χ3n) is 4.44. The Kier molecular flexibility index (Phi) is 5.09. The number of methoxy groups -OCH3 is 1. The summed E-state index contributed by atoms with van der Waals surface area (Å²) in [6.45, 7) is 3.83. The molecule has 0 atom stereocenters. The van der Waals surface area contributed by atoms with E-state index in [2.05, 4.69) is 22.2 Å². The van der Waals surface area contributed by atoms with Crippen molar-refractivity contribution in [1.82, 2.24) is 4.90 Å². The number of hydrogen-bond donors (Lipinski definition) is 2. The molecular weight excluding hydrogens is 316 g/mol. The summed E-state index contributed by atoms with van der Waals surface area (Å²) in [4.78, 5) is 17.2. The Hall–Kier alpha value is -2.73. The van der Waals surface area contributed by atoms with Gasteiger partial charge in [-0.05, 0) is 43.4 Å². The van der Waals surface area contributed by atoms with Crippen LogP contribution in [-0.4, -0.2) is 51.1 Å². The molecular formula is C19H24N4O2. The van der Waals surface area contributed by atoms with Crippen LogP contribution in [-0.2, 0) is 0 Å². The van der Waals surface area contributed by atoms with E-state index < -0.39 is 0 Å². The second kappa shape index (κ2) is 7.44. The minimum atomic E-state index is -0.181. The molecule has 1 amide bonds. The van der Waals surface area contributed by atoms with Crippen molar-refractivity contribution in [3.8, 4) is 5.75 Å². The van der Waals surface area contributed by atoms with Gasteiger partial charge < -0.3 is 25.6 Å². The van der Waals surface area contributed by atoms with E-state index in [9.17, 15) is 4.79 Å². The summed E-state index contributed by atoms with van der Waals surface area (Å²) in [6.07, 6.45) is 0. The van der Waals surface area contributed by atoms with Crippen molar-refractivity contribution < 1.29 is 9.53 Å². The number of carbonyl (C=O) groups is 1. The van der Waals surface area contributed by atoms with E-state index in [4.69, 9.17) is 10.5 Å². The molecule has 3 rings (SSSR count). The molecule has 0 saturated carbocycles. The van der Waals surface area contributed by atoms with Crippen molar-refractivity contribution in [3.63, 3.8) is 0 Å². The fourth-order valence-corrected chi connectivity index (χ4v) is 2.94. The molecule has 2 aromatic rings. The summed E-state index contributed by atoms with van der Waals surface area (Å²) >= 11 is 0. The molecule has 0 aromatic heterocycles. The van der Waals surface area contributed by atoms with E-state index >= 15 is 0 Å². The van der Waals surface area contributed by atoms with Crippen LogP contribution in [0.25, 0.3) is 0 Å². The van der Waals surface area contributed by atoms with E-state index in [0.717, 1.165) is 37.6 Å². The van der Waals surface area contributed by atoms with Crippen molar-refractivity contribution in [2.75, 3.05) is 56.3 Å². The lowest BCUT2D eigenvalue weighted by Crippen LogP contribution is -2.44. The van der Waals surface area contributed by atoms with Crippen LogP contribution in [0.3, 0.4) is 0 Å². The van der Waals surface area contributed by atoms with Crippen molar-refractivity contribution in [1.29, 1.82) is 0 Å². The molecule has 1 aliphatic rings. The van der Waals surface area contributed by atoms with Crippen LogP contribution in [0.4, 0.5) is 17.1 Å². The lowest BCUT2D eigenvalue weighted by molar-refractivity contribution is 0.102. The quantitative estimate of drug-likeness (QED) is 0.836. The van der Waals surface area contributed by atoms with Gasteiger partial charge >= 0.3 is 0 Å². The van der Waals surface area contributed by atoms with Crippen LogP contribution < -0.4 is 20.7 Å². The summed E-state index contributed by atoms with van der Waals surface area (Å²) < 4.78 is 5.19. The minimum Gasteiger partial charge on any atom is -0.497 e. The van der Waals surface area contributed by atoms with Crippen LogP contribution in [0, 0.1) is 0 Å². The van der Waals surface area contributed by atoms with Gasteiger partial charge in [0.05, 0.1) is 18.5 Å². The number of likely N-dealkylation sites (N-methyl/N-ethyl adjacent to an activating group) is 1. The first-order valence-corrected chi connectivity index (χ1v) is 8.35. The first kappa shape index (κ1) is 17.1. The number of amides is 1. The van der Waals surface area contributed by atoms with E-state index in [1.165, 1.54) is 0 Å². The highest BCUT2D eigenvalue weighted by Gasteiger charge is 2.18. The first-order valence-electron chi connectivity index (χ1n) is 8.35. The second-order valence-electron chi connectivity index (χ2n) is 6.25. The fourth-order valence-electron chi connectivity index (χ4n) is 2.94. The number of benzene rings is 2. The molecule has 1 heterocycles. The van der Waals surface area contributed by atoms with Gasteiger partial charge in [-0.15, -0.1) is 0 Å². The zero-order chi connectivity index (χ0) is 17.8. The fraction of sp³-hybridized carbons (Fsp3) is 0.316. The smallest absolute Gasteiger partial charge is 0.255 e. The minimum absolute atomic E-state index is 0.181. The van der Waals surface area contributed by atoms with Gasteiger partial charge in [-0.3, -0.25) is 4.79 Å². The SMILES string of the molecule is COc1cccc(C(=O)Nc2cc(N)ccc2N2CCN(C)CC2)c1. The first-order chi connectivity index (χ1) is 12.1. The van der Waals surface area contributed by atoms with Gasteiger partial charge in [0.15, 0.2) is 0 Å². The Labute approximate surface area is 148 Å². The highest BCUT2D eigenvalue weighted by atomic mass is 16.5. The Bertz CT molecular complexity index is 755. The van der Waals surface area contributed by atoms with Gasteiger partial charge in [0.25, 0.3) is 5.91 Å². The number of hydrogen-bond acceptors (Lipinski definition) is 5. The largest absolute Gasteiger partial charge is 0.497 e. The van der Waals surface area contributed by atoms with E-state index in [1.807, 2.05) is 24.3 Å². The molecule has 6 nitrogen and oxygen atoms in total. The van der Waals surface area contributed by atoms with Gasteiger partial charge in [0, 0.05) is 37.4 Å². The Morgan fingerprint density at radius 2 is 1.88 bits per heavy atom. The standard InChI is InChI=1S/C19H24N4O2/c1-22-8-10-23(11-9-22)18-7-6-15(20)13-17(18)21-19(24)14-4-3-5-16(12-14)25-2/h3-7,12-13H,8-11,20H2,1-2H3,(H,21,24). The Morgan fingerprint density at radius 1 is 1.12 bits per heavy atom. The normalized spacial score (nSPS) is 15.0. The number of piperazine rings is 1. The second-order valence-corrected chi connectivity index (χ2v) is 6.25. The lowest BCUT2D eigenvalue weighted by atomic mass is 10.1. The van der Waals surface area contributed by atoms with Gasteiger partial charge in [-0.1, -0.05) is 6.07 Å². The maximum atomic E-state index is 12.6. The predicted octanol–water partition coefficient (Wildman–Crippen LogP) is 2.28. The molecule has 1 aliphatic heterocycles. The topological polar surface area (TPSA) is 70.8 Å². The van der Waals surface area contributed by atoms with Crippen molar-refractivity contribution >= 4 is 23.0 Å². The monoisotopic (exact) mass is 340 g/mol. The van der Waals surface area contributed by atoms with Crippen molar-refractivity contribution in [2.45, 2.75) is 0 Å². The number of nitrogen functional groups attached to an aromatic ring is 1. The molecule has 25 heavy (non-hydrogen) atoms. The summed E-state index contributed by atoms with van der Waals surface area (Å²) in [5, 5.41) is 3.00. The number of nitrogens with two attached hydrogens (primary N) is 1. The maximum absolute atomic E-state index is 12.6. The highest BCUT2D eigenvalue weighted by Crippen LogP contribution is 2.29. The summed E-state index contributed by atoms with van der Waals surface area (Å²) in [7, 11) is 3.70. The number of nitrogens with one attached hydrogen (secondary N) is 1. The highest BCUT2D eigenvalue weighted by molar-refractivity contribution is 6.06. The van der Waals surface area contributed by atoms with E-state index in [-0.39, 0.29) is 5.91 Å². The maximum Gasteiger partial charge on any atom is 0.255 e. The van der Waals surface area contributed by atoms with Crippen LogP contribution >= 0.6 is 0 Å². The summed E-state index contributed by atoms with van der Waals surface area (Å²) in [6, 6.07) is 12.8. The summed E-state index contributed by atoms with van der Waals surface area (Å²) in [5.41, 5.74) is 8.84. The van der Waals surface area contributed by atoms with Crippen LogP contribution in [0.2, 0.25) is 0 Å². The molecule has 1 fully saturated rings. The van der Waals surface area contributed by atoms with Gasteiger partial charge in [-0.2, -0.15) is 0 Å². The molecule has 132 valence electrons. The molecule has 0 bridgehead atoms. The lowest BCUT2D eigenvalue weighted by Gasteiger charge is -2.35. The number of carbonyl (C=O) groups excluding carboxylic acids is 1. The zero-order valence-electron chi connectivity index (χ0n) is 14.7. The molecule has 0 radical (unpaired) electrons. The van der Waals surface area contributed by atoms with Gasteiger partial charge in [-0.25, -0.2) is 0 Å². The van der Waals surface area contributed by atoms with Crippen LogP contribution in [0.1, 0.15) is 10.4 Å². The molecule has 3 N–H and O–H groups in total. The van der Waals surface area contributed by atoms with Crippen LogP contribution in [0.5, 0.6) is 5.75 Å². The third kappa shape index (κ3) is 4.03. The molecule has 6 heteroatoms. The molecule has 1 saturated heterocycles. The van der Waals surface area contributed by atoms with Crippen LogP contribution in [0.15, 0.2) is 42.5 Å². The number of ether oxygens (including phenoxy) is 1. The van der Waals surface area contributed by atoms with Gasteiger partial charge in [0.1, 0.15) is 5.75 Å². The third-order valence-corrected chi connectivity index (χ3v) is 4.44. The molecule has 0 spiro atoms. The van der Waals surface area contributed by atoms with Crippen molar-refractivity contribution in [3.05, 3.63) is 48.0 Å². The molecule has 0 unspecified atom stereocenters. The molecule has 0 aliphatic carbocycles. The molecule has 2 aromatic carbocycles.